The van der Waals surface area contributed by atoms with E-state index < -0.39 is 0 Å². The van der Waals surface area contributed by atoms with Gasteiger partial charge in [0.15, 0.2) is 5.96 Å². The van der Waals surface area contributed by atoms with Gasteiger partial charge in [-0.3, -0.25) is 9.89 Å². The van der Waals surface area contributed by atoms with E-state index in [-0.39, 0.29) is 0 Å². The third-order valence-electron chi connectivity index (χ3n) is 5.50. The fourth-order valence-corrected chi connectivity index (χ4v) is 3.83. The van der Waals surface area contributed by atoms with Gasteiger partial charge >= 0.3 is 0 Å². The molecular weight excluding hydrogens is 350 g/mol. The van der Waals surface area contributed by atoms with Gasteiger partial charge in [0.2, 0.25) is 5.95 Å². The lowest BCUT2D eigenvalue weighted by Gasteiger charge is -2.34. The molecule has 0 saturated carbocycles. The Bertz CT molecular complexity index is 621. The molecule has 0 spiro atoms. The van der Waals surface area contributed by atoms with E-state index >= 15 is 0 Å². The van der Waals surface area contributed by atoms with E-state index in [2.05, 4.69) is 41.5 Å². The molecule has 1 aliphatic heterocycles. The second-order valence-corrected chi connectivity index (χ2v) is 7.51. The Hall–Kier alpha value is -2.15. The second-order valence-electron chi connectivity index (χ2n) is 7.51. The maximum absolute atomic E-state index is 4.35. The van der Waals surface area contributed by atoms with Crippen molar-refractivity contribution in [2.75, 3.05) is 57.8 Å². The van der Waals surface area contributed by atoms with Crippen LogP contribution < -0.4 is 15.5 Å². The number of rotatable bonds is 8. The van der Waals surface area contributed by atoms with E-state index in [1.165, 1.54) is 25.7 Å². The Kier molecular flexibility index (Phi) is 8.55. The van der Waals surface area contributed by atoms with E-state index in [4.69, 9.17) is 0 Å². The summed E-state index contributed by atoms with van der Waals surface area (Å²) < 4.78 is 0. The van der Waals surface area contributed by atoms with Crippen molar-refractivity contribution in [2.45, 2.75) is 38.5 Å². The minimum atomic E-state index is 0.850. The summed E-state index contributed by atoms with van der Waals surface area (Å²) in [4.78, 5) is 17.8. The van der Waals surface area contributed by atoms with Crippen molar-refractivity contribution in [3.63, 3.8) is 0 Å². The van der Waals surface area contributed by atoms with Gasteiger partial charge in [0.25, 0.3) is 0 Å². The van der Waals surface area contributed by atoms with E-state index in [0.717, 1.165) is 70.6 Å². The van der Waals surface area contributed by atoms with Crippen LogP contribution in [0, 0.1) is 0 Å². The number of anilines is 1. The van der Waals surface area contributed by atoms with Gasteiger partial charge in [-0.25, -0.2) is 9.97 Å². The predicted molar refractivity (Wildman–Crippen MR) is 116 cm³/mol. The van der Waals surface area contributed by atoms with Crippen LogP contribution in [0.5, 0.6) is 0 Å². The number of aromatic nitrogens is 2. The van der Waals surface area contributed by atoms with Crippen LogP contribution in [-0.4, -0.2) is 73.7 Å². The molecule has 28 heavy (non-hydrogen) atoms. The SMILES string of the molecule is CN=C(NCCCN1CCN(c2ncccn2)CC1)NCCC1=CCCCC1. The number of aliphatic imine (C=N–C) groups is 1. The van der Waals surface area contributed by atoms with Gasteiger partial charge in [-0.15, -0.1) is 0 Å². The van der Waals surface area contributed by atoms with E-state index in [0.29, 0.717) is 0 Å². The van der Waals surface area contributed by atoms with Crippen LogP contribution in [0.4, 0.5) is 5.95 Å². The molecule has 1 aliphatic carbocycles. The zero-order valence-corrected chi connectivity index (χ0v) is 17.2. The monoisotopic (exact) mass is 385 g/mol. The topological polar surface area (TPSA) is 68.7 Å². The average molecular weight is 386 g/mol. The molecule has 1 saturated heterocycles. The summed E-state index contributed by atoms with van der Waals surface area (Å²) >= 11 is 0. The Morgan fingerprint density at radius 3 is 2.57 bits per heavy atom. The first kappa shape index (κ1) is 20.6. The van der Waals surface area contributed by atoms with Crippen LogP contribution in [0.2, 0.25) is 0 Å². The molecule has 1 fully saturated rings. The number of nitrogens with zero attached hydrogens (tertiary/aromatic N) is 5. The molecule has 0 bridgehead atoms. The van der Waals surface area contributed by atoms with Crippen molar-refractivity contribution in [1.29, 1.82) is 0 Å². The maximum Gasteiger partial charge on any atom is 0.225 e. The lowest BCUT2D eigenvalue weighted by molar-refractivity contribution is 0.254. The summed E-state index contributed by atoms with van der Waals surface area (Å²) in [5, 5.41) is 6.89. The van der Waals surface area contributed by atoms with E-state index in [1.54, 1.807) is 5.57 Å². The first-order valence-electron chi connectivity index (χ1n) is 10.7. The third kappa shape index (κ3) is 6.78. The maximum atomic E-state index is 4.35. The molecule has 1 aromatic heterocycles. The summed E-state index contributed by atoms with van der Waals surface area (Å²) in [5.74, 6) is 1.77. The highest BCUT2D eigenvalue weighted by Crippen LogP contribution is 2.19. The van der Waals surface area contributed by atoms with Crippen molar-refractivity contribution >= 4 is 11.9 Å². The van der Waals surface area contributed by atoms with E-state index in [9.17, 15) is 0 Å². The molecule has 2 aliphatic rings. The van der Waals surface area contributed by atoms with Crippen LogP contribution in [0.15, 0.2) is 35.1 Å². The lowest BCUT2D eigenvalue weighted by Crippen LogP contribution is -2.47. The Morgan fingerprint density at radius 2 is 1.86 bits per heavy atom. The summed E-state index contributed by atoms with van der Waals surface area (Å²) in [7, 11) is 1.85. The molecule has 1 aromatic rings. The van der Waals surface area contributed by atoms with Gasteiger partial charge in [0, 0.05) is 58.7 Å². The summed E-state index contributed by atoms with van der Waals surface area (Å²) in [6.45, 7) is 7.16. The molecule has 154 valence electrons. The van der Waals surface area contributed by atoms with Crippen molar-refractivity contribution in [2.24, 2.45) is 4.99 Å². The molecule has 0 atom stereocenters. The number of nitrogens with one attached hydrogen (secondary N) is 2. The highest BCUT2D eigenvalue weighted by molar-refractivity contribution is 5.79. The Morgan fingerprint density at radius 1 is 1.07 bits per heavy atom. The average Bonchev–Trinajstić information content (AvgIpc) is 2.77. The quantitative estimate of drug-likeness (QED) is 0.309. The van der Waals surface area contributed by atoms with Crippen LogP contribution in [0.25, 0.3) is 0 Å². The van der Waals surface area contributed by atoms with Gasteiger partial charge in [-0.1, -0.05) is 11.6 Å². The normalized spacial score (nSPS) is 18.7. The number of guanidine groups is 1. The van der Waals surface area contributed by atoms with Crippen molar-refractivity contribution in [3.05, 3.63) is 30.1 Å². The number of allylic oxidation sites excluding steroid dienone is 1. The largest absolute Gasteiger partial charge is 0.356 e. The van der Waals surface area contributed by atoms with Crippen molar-refractivity contribution < 1.29 is 0 Å². The van der Waals surface area contributed by atoms with Crippen LogP contribution >= 0.6 is 0 Å². The van der Waals surface area contributed by atoms with Crippen molar-refractivity contribution in [3.8, 4) is 0 Å². The van der Waals surface area contributed by atoms with Gasteiger partial charge in [-0.05, 0) is 51.1 Å². The zero-order valence-electron chi connectivity index (χ0n) is 17.2. The Labute approximate surface area is 169 Å². The summed E-state index contributed by atoms with van der Waals surface area (Å²) in [5.41, 5.74) is 1.61. The predicted octanol–water partition coefficient (Wildman–Crippen LogP) is 2.04. The van der Waals surface area contributed by atoms with Crippen LogP contribution in [0.3, 0.4) is 0 Å². The highest BCUT2D eigenvalue weighted by atomic mass is 15.3. The molecule has 3 rings (SSSR count). The van der Waals surface area contributed by atoms with Gasteiger partial charge in [-0.2, -0.15) is 0 Å². The third-order valence-corrected chi connectivity index (χ3v) is 5.50. The molecule has 0 unspecified atom stereocenters. The van der Waals surface area contributed by atoms with Crippen LogP contribution in [0.1, 0.15) is 38.5 Å². The van der Waals surface area contributed by atoms with Crippen molar-refractivity contribution in [1.82, 2.24) is 25.5 Å². The molecule has 2 heterocycles. The molecule has 7 nitrogen and oxygen atoms in total. The summed E-state index contributed by atoms with van der Waals surface area (Å²) in [6, 6.07) is 1.86. The smallest absolute Gasteiger partial charge is 0.225 e. The van der Waals surface area contributed by atoms with Gasteiger partial charge in [0.05, 0.1) is 0 Å². The molecule has 2 N–H and O–H groups in total. The Balaban J connectivity index is 1.25. The lowest BCUT2D eigenvalue weighted by atomic mass is 9.97. The highest BCUT2D eigenvalue weighted by Gasteiger charge is 2.18. The molecule has 0 aromatic carbocycles. The van der Waals surface area contributed by atoms with Crippen LogP contribution in [-0.2, 0) is 0 Å². The fourth-order valence-electron chi connectivity index (χ4n) is 3.83. The minimum Gasteiger partial charge on any atom is -0.356 e. The van der Waals surface area contributed by atoms with Gasteiger partial charge < -0.3 is 15.5 Å². The first-order valence-corrected chi connectivity index (χ1v) is 10.7. The molecule has 0 amide bonds. The fraction of sp³-hybridized carbons (Fsp3) is 0.667. The number of hydrogen-bond donors (Lipinski definition) is 2. The minimum absolute atomic E-state index is 0.850. The zero-order chi connectivity index (χ0) is 19.4. The molecule has 0 radical (unpaired) electrons. The van der Waals surface area contributed by atoms with E-state index in [1.807, 2.05) is 25.5 Å². The standard InChI is InChI=1S/C21H35N7/c1-22-20(24-13-9-19-7-3-2-4-8-19)23-12-6-14-27-15-17-28(18-16-27)21-25-10-5-11-26-21/h5,7,10-11H,2-4,6,8-9,12-18H2,1H3,(H2,22,23,24). The summed E-state index contributed by atoms with van der Waals surface area (Å²) in [6.07, 6.45) is 13.5. The number of hydrogen-bond acceptors (Lipinski definition) is 5. The first-order chi connectivity index (χ1) is 13.8. The molecule has 7 heteroatoms. The van der Waals surface area contributed by atoms with Gasteiger partial charge in [0.1, 0.15) is 0 Å². The second kappa shape index (κ2) is 11.6. The molecular formula is C21H35N7. The number of piperazine rings is 1.